The van der Waals surface area contributed by atoms with E-state index in [9.17, 15) is 9.18 Å². The number of hydrogen-bond acceptors (Lipinski definition) is 4. The number of nitrogens with zero attached hydrogens (tertiary/aromatic N) is 4. The molecule has 0 radical (unpaired) electrons. The molecule has 6 nitrogen and oxygen atoms in total. The van der Waals surface area contributed by atoms with E-state index in [-0.39, 0.29) is 11.7 Å². The van der Waals surface area contributed by atoms with Crippen LogP contribution in [-0.4, -0.2) is 51.7 Å². The van der Waals surface area contributed by atoms with Gasteiger partial charge in [-0.2, -0.15) is 5.10 Å². The van der Waals surface area contributed by atoms with Crippen molar-refractivity contribution in [2.45, 2.75) is 6.54 Å². The molecule has 0 atom stereocenters. The number of benzene rings is 2. The molecule has 7 heteroatoms. The molecular weight excluding hydrogens is 407 g/mol. The fourth-order valence-electron chi connectivity index (χ4n) is 3.97. The van der Waals surface area contributed by atoms with Crippen molar-refractivity contribution in [2.75, 3.05) is 26.2 Å². The second-order valence-electron chi connectivity index (χ2n) is 7.83. The van der Waals surface area contributed by atoms with Crippen LogP contribution in [0, 0.1) is 5.82 Å². The Morgan fingerprint density at radius 2 is 1.69 bits per heavy atom. The lowest BCUT2D eigenvalue weighted by atomic mass is 10.2. The zero-order chi connectivity index (χ0) is 21.9. The van der Waals surface area contributed by atoms with Gasteiger partial charge in [-0.15, -0.1) is 0 Å². The first-order valence-electron chi connectivity index (χ1n) is 10.6. The Labute approximate surface area is 185 Å². The maximum Gasteiger partial charge on any atom is 0.272 e. The number of aromatic nitrogens is 2. The standard InChI is InChI=1S/C25H23FN4O2/c26-20-8-10-21(11-9-20)30-23(17-22(27-30)24-7-4-16-32-24)25(31)29-14-12-28(13-15-29)18-19-5-2-1-3-6-19/h1-11,16-17H,12-15,18H2. The van der Waals surface area contributed by atoms with Crippen molar-refractivity contribution in [2.24, 2.45) is 0 Å². The number of furan rings is 1. The Hall–Kier alpha value is -3.71. The van der Waals surface area contributed by atoms with Gasteiger partial charge in [0.25, 0.3) is 5.91 Å². The van der Waals surface area contributed by atoms with Crippen molar-refractivity contribution in [3.05, 3.63) is 96.1 Å². The summed E-state index contributed by atoms with van der Waals surface area (Å²) in [5, 5.41) is 4.58. The highest BCUT2D eigenvalue weighted by atomic mass is 19.1. The molecule has 4 aromatic rings. The van der Waals surface area contributed by atoms with Crippen LogP contribution >= 0.6 is 0 Å². The molecule has 0 saturated carbocycles. The lowest BCUT2D eigenvalue weighted by molar-refractivity contribution is 0.0619. The number of rotatable bonds is 5. The monoisotopic (exact) mass is 430 g/mol. The normalized spacial score (nSPS) is 14.6. The molecule has 1 fully saturated rings. The van der Waals surface area contributed by atoms with Gasteiger partial charge >= 0.3 is 0 Å². The molecule has 1 saturated heterocycles. The van der Waals surface area contributed by atoms with E-state index in [4.69, 9.17) is 4.42 Å². The Bertz CT molecular complexity index is 1180. The first-order chi connectivity index (χ1) is 15.7. The van der Waals surface area contributed by atoms with Gasteiger partial charge in [0.15, 0.2) is 5.76 Å². The predicted octanol–water partition coefficient (Wildman–Crippen LogP) is 4.23. The Morgan fingerprint density at radius 1 is 0.938 bits per heavy atom. The van der Waals surface area contributed by atoms with Gasteiger partial charge in [0.05, 0.1) is 12.0 Å². The molecule has 3 heterocycles. The van der Waals surface area contributed by atoms with Crippen LogP contribution in [0.5, 0.6) is 0 Å². The first kappa shape index (κ1) is 20.2. The van der Waals surface area contributed by atoms with Crippen LogP contribution in [0.15, 0.2) is 83.5 Å². The minimum atomic E-state index is -0.338. The van der Waals surface area contributed by atoms with Crippen LogP contribution in [0.4, 0.5) is 4.39 Å². The summed E-state index contributed by atoms with van der Waals surface area (Å²) in [5.41, 5.74) is 2.88. The summed E-state index contributed by atoms with van der Waals surface area (Å²) in [6.45, 7) is 3.75. The van der Waals surface area contributed by atoms with Crippen LogP contribution in [0.2, 0.25) is 0 Å². The van der Waals surface area contributed by atoms with E-state index in [2.05, 4.69) is 22.1 Å². The molecule has 0 spiro atoms. The van der Waals surface area contributed by atoms with E-state index < -0.39 is 0 Å². The fourth-order valence-corrected chi connectivity index (χ4v) is 3.97. The minimum absolute atomic E-state index is 0.0982. The van der Waals surface area contributed by atoms with Gasteiger partial charge in [-0.3, -0.25) is 9.69 Å². The molecule has 1 aliphatic heterocycles. The quantitative estimate of drug-likeness (QED) is 0.476. The van der Waals surface area contributed by atoms with Gasteiger partial charge in [0.1, 0.15) is 17.2 Å². The molecule has 32 heavy (non-hydrogen) atoms. The molecule has 1 aliphatic rings. The van der Waals surface area contributed by atoms with Crippen molar-refractivity contribution < 1.29 is 13.6 Å². The second kappa shape index (κ2) is 8.80. The Balaban J connectivity index is 1.36. The summed E-state index contributed by atoms with van der Waals surface area (Å²) in [7, 11) is 0. The largest absolute Gasteiger partial charge is 0.463 e. The molecule has 2 aromatic carbocycles. The topological polar surface area (TPSA) is 54.5 Å². The summed E-state index contributed by atoms with van der Waals surface area (Å²) in [4.78, 5) is 17.7. The summed E-state index contributed by atoms with van der Waals surface area (Å²) >= 11 is 0. The zero-order valence-corrected chi connectivity index (χ0v) is 17.5. The van der Waals surface area contributed by atoms with E-state index in [1.165, 1.54) is 17.7 Å². The number of amides is 1. The zero-order valence-electron chi connectivity index (χ0n) is 17.5. The molecule has 2 aromatic heterocycles. The average molecular weight is 430 g/mol. The van der Waals surface area contributed by atoms with Crippen LogP contribution < -0.4 is 0 Å². The van der Waals surface area contributed by atoms with Gasteiger partial charge in [-0.05, 0) is 42.0 Å². The van der Waals surface area contributed by atoms with E-state index >= 15 is 0 Å². The number of carbonyl (C=O) groups excluding carboxylic acids is 1. The molecular formula is C25H23FN4O2. The van der Waals surface area contributed by atoms with E-state index in [1.807, 2.05) is 23.1 Å². The van der Waals surface area contributed by atoms with Crippen LogP contribution in [-0.2, 0) is 6.54 Å². The van der Waals surface area contributed by atoms with Crippen molar-refractivity contribution >= 4 is 5.91 Å². The number of halogens is 1. The maximum atomic E-state index is 13.5. The molecule has 0 bridgehead atoms. The predicted molar refractivity (Wildman–Crippen MR) is 119 cm³/mol. The summed E-state index contributed by atoms with van der Waals surface area (Å²) in [6.07, 6.45) is 1.57. The Kier molecular flexibility index (Phi) is 5.56. The Morgan fingerprint density at radius 3 is 2.38 bits per heavy atom. The van der Waals surface area contributed by atoms with E-state index in [1.54, 1.807) is 41.3 Å². The third-order valence-corrected chi connectivity index (χ3v) is 5.68. The highest BCUT2D eigenvalue weighted by Gasteiger charge is 2.26. The van der Waals surface area contributed by atoms with E-state index in [0.717, 1.165) is 19.6 Å². The first-order valence-corrected chi connectivity index (χ1v) is 10.6. The van der Waals surface area contributed by atoms with Gasteiger partial charge in [0, 0.05) is 38.8 Å². The lowest BCUT2D eigenvalue weighted by Gasteiger charge is -2.34. The van der Waals surface area contributed by atoms with Crippen LogP contribution in [0.3, 0.4) is 0 Å². The smallest absolute Gasteiger partial charge is 0.272 e. The van der Waals surface area contributed by atoms with Gasteiger partial charge in [0.2, 0.25) is 0 Å². The van der Waals surface area contributed by atoms with Crippen molar-refractivity contribution in [3.8, 4) is 17.1 Å². The number of piperazine rings is 1. The van der Waals surface area contributed by atoms with Crippen LogP contribution in [0.25, 0.3) is 17.1 Å². The second-order valence-corrected chi connectivity index (χ2v) is 7.83. The average Bonchev–Trinajstić information content (AvgIpc) is 3.51. The molecule has 1 amide bonds. The molecule has 0 unspecified atom stereocenters. The number of hydrogen-bond donors (Lipinski definition) is 0. The third-order valence-electron chi connectivity index (χ3n) is 5.68. The van der Waals surface area contributed by atoms with Gasteiger partial charge < -0.3 is 9.32 Å². The number of carbonyl (C=O) groups is 1. The van der Waals surface area contributed by atoms with Gasteiger partial charge in [-0.1, -0.05) is 30.3 Å². The fraction of sp³-hybridized carbons (Fsp3) is 0.200. The third kappa shape index (κ3) is 4.20. The van der Waals surface area contributed by atoms with Gasteiger partial charge in [-0.25, -0.2) is 9.07 Å². The van der Waals surface area contributed by atoms with Crippen molar-refractivity contribution in [3.63, 3.8) is 0 Å². The van der Waals surface area contributed by atoms with Crippen molar-refractivity contribution in [1.29, 1.82) is 0 Å². The SMILES string of the molecule is O=C(c1cc(-c2ccco2)nn1-c1ccc(F)cc1)N1CCN(Cc2ccccc2)CC1. The summed E-state index contributed by atoms with van der Waals surface area (Å²) in [6, 6.07) is 21.6. The minimum Gasteiger partial charge on any atom is -0.463 e. The van der Waals surface area contributed by atoms with Crippen LogP contribution in [0.1, 0.15) is 16.1 Å². The summed E-state index contributed by atoms with van der Waals surface area (Å²) in [5.74, 6) is 0.140. The van der Waals surface area contributed by atoms with E-state index in [0.29, 0.717) is 35.9 Å². The molecule has 0 N–H and O–H groups in total. The maximum absolute atomic E-state index is 13.5. The lowest BCUT2D eigenvalue weighted by Crippen LogP contribution is -2.48. The molecule has 5 rings (SSSR count). The highest BCUT2D eigenvalue weighted by molar-refractivity contribution is 5.94. The molecule has 162 valence electrons. The highest BCUT2D eigenvalue weighted by Crippen LogP contribution is 2.24. The molecule has 0 aliphatic carbocycles. The summed E-state index contributed by atoms with van der Waals surface area (Å²) < 4.78 is 20.5. The van der Waals surface area contributed by atoms with Crippen molar-refractivity contribution in [1.82, 2.24) is 19.6 Å².